The Kier molecular flexibility index (Phi) is 6.31. The fourth-order valence-corrected chi connectivity index (χ4v) is 5.23. The Balaban J connectivity index is 1.48. The summed E-state index contributed by atoms with van der Waals surface area (Å²) >= 11 is 0. The lowest BCUT2D eigenvalue weighted by molar-refractivity contribution is -0.133. The summed E-state index contributed by atoms with van der Waals surface area (Å²) < 4.78 is 0. The molecule has 4 aromatic rings. The number of carbonyl (C=O) groups excluding carboxylic acids is 1. The lowest BCUT2D eigenvalue weighted by Crippen LogP contribution is -2.41. The summed E-state index contributed by atoms with van der Waals surface area (Å²) in [6, 6.07) is 34.0. The van der Waals surface area contributed by atoms with Crippen LogP contribution in [0.1, 0.15) is 33.4 Å². The van der Waals surface area contributed by atoms with Gasteiger partial charge < -0.3 is 4.90 Å². The molecule has 0 fully saturated rings. The normalized spacial score (nSPS) is 13.0. The molecule has 170 valence electrons. The molecule has 0 aromatic heterocycles. The highest BCUT2D eigenvalue weighted by Crippen LogP contribution is 2.30. The third kappa shape index (κ3) is 4.54. The van der Waals surface area contributed by atoms with Crippen LogP contribution in [0.3, 0.4) is 0 Å². The van der Waals surface area contributed by atoms with Gasteiger partial charge in [0.1, 0.15) is 0 Å². The number of hydrogen-bond donors (Lipinski definition) is 0. The van der Waals surface area contributed by atoms with Crippen LogP contribution in [0.2, 0.25) is 0 Å². The highest BCUT2D eigenvalue weighted by molar-refractivity contribution is 5.83. The molecule has 0 saturated carbocycles. The van der Waals surface area contributed by atoms with Crippen molar-refractivity contribution in [2.45, 2.75) is 45.7 Å². The summed E-state index contributed by atoms with van der Waals surface area (Å²) in [6.07, 6.45) is 2.26. The zero-order valence-electron chi connectivity index (χ0n) is 20.0. The van der Waals surface area contributed by atoms with Crippen molar-refractivity contribution in [3.63, 3.8) is 0 Å². The van der Waals surface area contributed by atoms with Gasteiger partial charge in [-0.3, -0.25) is 4.79 Å². The third-order valence-electron chi connectivity index (χ3n) is 7.22. The summed E-state index contributed by atoms with van der Waals surface area (Å²) in [6.45, 7) is 4.90. The Morgan fingerprint density at radius 3 is 2.06 bits per heavy atom. The largest absolute Gasteiger partial charge is 0.334 e. The van der Waals surface area contributed by atoms with Crippen molar-refractivity contribution >= 4 is 5.91 Å². The smallest absolute Gasteiger partial charge is 0.227 e. The lowest BCUT2D eigenvalue weighted by Gasteiger charge is -2.30. The molecule has 2 nitrogen and oxygen atoms in total. The molecule has 0 aliphatic heterocycles. The van der Waals surface area contributed by atoms with Gasteiger partial charge in [0, 0.05) is 12.6 Å². The summed E-state index contributed by atoms with van der Waals surface area (Å²) in [5.41, 5.74) is 9.81. The second-order valence-electron chi connectivity index (χ2n) is 9.42. The molecule has 4 aromatic carbocycles. The minimum atomic E-state index is 0.189. The lowest BCUT2D eigenvalue weighted by atomic mass is 9.93. The molecule has 1 aliphatic rings. The van der Waals surface area contributed by atoms with E-state index < -0.39 is 0 Å². The van der Waals surface area contributed by atoms with Crippen molar-refractivity contribution in [2.75, 3.05) is 0 Å². The number of benzene rings is 4. The predicted octanol–water partition coefficient (Wildman–Crippen LogP) is 6.71. The van der Waals surface area contributed by atoms with Crippen molar-refractivity contribution in [2.24, 2.45) is 0 Å². The highest BCUT2D eigenvalue weighted by atomic mass is 16.2. The van der Waals surface area contributed by atoms with Crippen molar-refractivity contribution in [3.8, 4) is 11.1 Å². The predicted molar refractivity (Wildman–Crippen MR) is 140 cm³/mol. The van der Waals surface area contributed by atoms with Crippen molar-refractivity contribution in [1.29, 1.82) is 0 Å². The van der Waals surface area contributed by atoms with Crippen LogP contribution in [0.4, 0.5) is 0 Å². The van der Waals surface area contributed by atoms with Crippen LogP contribution < -0.4 is 0 Å². The molecule has 34 heavy (non-hydrogen) atoms. The first-order valence-electron chi connectivity index (χ1n) is 12.1. The minimum Gasteiger partial charge on any atom is -0.334 e. The Morgan fingerprint density at radius 1 is 0.735 bits per heavy atom. The van der Waals surface area contributed by atoms with Gasteiger partial charge in [0.25, 0.3) is 0 Å². The molecule has 0 N–H and O–H groups in total. The third-order valence-corrected chi connectivity index (χ3v) is 7.22. The standard InChI is InChI=1S/C32H31NO/c1-23-11-6-7-17-28(23)22-33(29-19-26-15-8-9-16-27(26)20-29)32(34)21-31-24(2)12-10-18-30(31)25-13-4-3-5-14-25/h3-18,29H,19-22H2,1-2H3. The molecular weight excluding hydrogens is 414 g/mol. The van der Waals surface area contributed by atoms with Crippen molar-refractivity contribution in [3.05, 3.63) is 130 Å². The number of carbonyl (C=O) groups is 1. The van der Waals surface area contributed by atoms with Gasteiger partial charge in [-0.2, -0.15) is 0 Å². The van der Waals surface area contributed by atoms with Crippen LogP contribution in [-0.4, -0.2) is 16.8 Å². The zero-order valence-corrected chi connectivity index (χ0v) is 20.0. The van der Waals surface area contributed by atoms with E-state index in [9.17, 15) is 4.79 Å². The quantitative estimate of drug-likeness (QED) is 0.323. The molecule has 1 amide bonds. The van der Waals surface area contributed by atoms with Gasteiger partial charge in [0.05, 0.1) is 6.42 Å². The van der Waals surface area contributed by atoms with E-state index >= 15 is 0 Å². The fourth-order valence-electron chi connectivity index (χ4n) is 5.23. The monoisotopic (exact) mass is 445 g/mol. The maximum Gasteiger partial charge on any atom is 0.227 e. The highest BCUT2D eigenvalue weighted by Gasteiger charge is 2.30. The van der Waals surface area contributed by atoms with E-state index in [-0.39, 0.29) is 11.9 Å². The summed E-state index contributed by atoms with van der Waals surface area (Å²) in [7, 11) is 0. The Bertz CT molecular complexity index is 1280. The first-order chi connectivity index (χ1) is 16.6. The van der Waals surface area contributed by atoms with Crippen LogP contribution in [0.25, 0.3) is 11.1 Å². The molecule has 0 saturated heterocycles. The molecule has 0 unspecified atom stereocenters. The molecular formula is C32H31NO. The van der Waals surface area contributed by atoms with Crippen LogP contribution in [0, 0.1) is 13.8 Å². The van der Waals surface area contributed by atoms with Crippen LogP contribution >= 0.6 is 0 Å². The van der Waals surface area contributed by atoms with Crippen LogP contribution in [0.5, 0.6) is 0 Å². The Morgan fingerprint density at radius 2 is 1.35 bits per heavy atom. The van der Waals surface area contributed by atoms with Gasteiger partial charge in [0.2, 0.25) is 5.91 Å². The number of nitrogens with zero attached hydrogens (tertiary/aromatic N) is 1. The number of rotatable bonds is 6. The number of hydrogen-bond acceptors (Lipinski definition) is 1. The van der Waals surface area contributed by atoms with E-state index in [1.54, 1.807) is 0 Å². The van der Waals surface area contributed by atoms with Crippen LogP contribution in [-0.2, 0) is 30.6 Å². The summed E-state index contributed by atoms with van der Waals surface area (Å²) in [5.74, 6) is 0.201. The minimum absolute atomic E-state index is 0.189. The molecule has 0 atom stereocenters. The summed E-state index contributed by atoms with van der Waals surface area (Å²) in [4.78, 5) is 16.2. The SMILES string of the molecule is Cc1ccccc1CN(C(=O)Cc1c(C)cccc1-c1ccccc1)C1Cc2ccccc2C1. The summed E-state index contributed by atoms with van der Waals surface area (Å²) in [5, 5.41) is 0. The van der Waals surface area contributed by atoms with Crippen molar-refractivity contribution < 1.29 is 4.79 Å². The molecule has 0 heterocycles. The Hall–Kier alpha value is -3.65. The molecule has 0 bridgehead atoms. The van der Waals surface area contributed by atoms with Gasteiger partial charge in [-0.15, -0.1) is 0 Å². The zero-order chi connectivity index (χ0) is 23.5. The van der Waals surface area contributed by atoms with Gasteiger partial charge in [0.15, 0.2) is 0 Å². The topological polar surface area (TPSA) is 20.3 Å². The Labute approximate surface area is 202 Å². The molecule has 0 radical (unpaired) electrons. The average molecular weight is 446 g/mol. The van der Waals surface area contributed by atoms with Crippen LogP contribution in [0.15, 0.2) is 97.1 Å². The van der Waals surface area contributed by atoms with E-state index in [4.69, 9.17) is 0 Å². The second-order valence-corrected chi connectivity index (χ2v) is 9.42. The van der Waals surface area contributed by atoms with Gasteiger partial charge in [-0.1, -0.05) is 97.1 Å². The van der Waals surface area contributed by atoms with E-state index in [0.717, 1.165) is 29.5 Å². The maximum absolute atomic E-state index is 14.0. The number of aryl methyl sites for hydroxylation is 2. The fraction of sp³-hybridized carbons (Fsp3) is 0.219. The molecule has 0 spiro atoms. The average Bonchev–Trinajstić information content (AvgIpc) is 3.29. The van der Waals surface area contributed by atoms with E-state index in [1.807, 2.05) is 6.07 Å². The first kappa shape index (κ1) is 22.2. The van der Waals surface area contributed by atoms with Gasteiger partial charge in [-0.25, -0.2) is 0 Å². The van der Waals surface area contributed by atoms with E-state index in [1.165, 1.54) is 27.8 Å². The first-order valence-corrected chi connectivity index (χ1v) is 12.1. The molecule has 2 heteroatoms. The van der Waals surface area contributed by atoms with E-state index in [2.05, 4.69) is 110 Å². The molecule has 1 aliphatic carbocycles. The molecule has 5 rings (SSSR count). The maximum atomic E-state index is 14.0. The number of amides is 1. The second kappa shape index (κ2) is 9.69. The number of fused-ring (bicyclic) bond motifs is 1. The van der Waals surface area contributed by atoms with Gasteiger partial charge >= 0.3 is 0 Å². The van der Waals surface area contributed by atoms with E-state index in [0.29, 0.717) is 13.0 Å². The van der Waals surface area contributed by atoms with Gasteiger partial charge in [-0.05, 0) is 71.2 Å². The van der Waals surface area contributed by atoms with Crippen molar-refractivity contribution in [1.82, 2.24) is 4.90 Å².